The molecule has 0 amide bonds. The lowest BCUT2D eigenvalue weighted by molar-refractivity contribution is 0.593. The smallest absolute Gasteiger partial charge is 0.00313 e. The highest BCUT2D eigenvalue weighted by molar-refractivity contribution is 9.09. The number of alkyl halides is 1. The molecule has 0 rings (SSSR count). The average Bonchev–Trinajstić information content (AvgIpc) is 2.03. The predicted octanol–water partition coefficient (Wildman–Crippen LogP) is 4.34. The van der Waals surface area contributed by atoms with Gasteiger partial charge in [-0.3, -0.25) is 0 Å². The normalized spacial score (nSPS) is 10.4. The van der Waals surface area contributed by atoms with Gasteiger partial charge in [0.15, 0.2) is 0 Å². The van der Waals surface area contributed by atoms with E-state index in [9.17, 15) is 0 Å². The highest BCUT2D eigenvalue weighted by Gasteiger charge is 1.89. The van der Waals surface area contributed by atoms with E-state index < -0.39 is 0 Å². The van der Waals surface area contributed by atoms with Gasteiger partial charge in [0.1, 0.15) is 0 Å². The van der Waals surface area contributed by atoms with Gasteiger partial charge in [0.25, 0.3) is 0 Å². The Morgan fingerprint density at radius 3 is 1.64 bits per heavy atom. The highest BCUT2D eigenvalue weighted by Crippen LogP contribution is 2.08. The topological polar surface area (TPSA) is 0 Å². The molecule has 0 spiro atoms. The molecule has 0 N–H and O–H groups in total. The molecule has 1 radical (unpaired) electrons. The minimum Gasteiger partial charge on any atom is -0.0928 e. The fraction of sp³-hybridized carbons (Fsp3) is 0.900. The molecule has 0 aliphatic carbocycles. The van der Waals surface area contributed by atoms with Gasteiger partial charge in [-0.1, -0.05) is 67.8 Å². The van der Waals surface area contributed by atoms with E-state index in [4.69, 9.17) is 0 Å². The Hall–Kier alpha value is 0.480. The van der Waals surface area contributed by atoms with Crippen molar-refractivity contribution in [2.45, 2.75) is 51.4 Å². The van der Waals surface area contributed by atoms with Crippen LogP contribution in [0.5, 0.6) is 0 Å². The number of rotatable bonds is 8. The second-order valence-electron chi connectivity index (χ2n) is 3.02. The van der Waals surface area contributed by atoms with Crippen LogP contribution in [-0.2, 0) is 0 Å². The van der Waals surface area contributed by atoms with E-state index in [1.54, 1.807) is 0 Å². The lowest BCUT2D eigenvalue weighted by atomic mass is 10.1. The van der Waals surface area contributed by atoms with E-state index in [1.807, 2.05) is 0 Å². The SMILES string of the molecule is [CH2]CCCCCCCCCBr. The lowest BCUT2D eigenvalue weighted by Gasteiger charge is -1.98. The highest BCUT2D eigenvalue weighted by atomic mass is 79.9. The number of hydrogen-bond donors (Lipinski definition) is 0. The van der Waals surface area contributed by atoms with Crippen LogP contribution in [0.2, 0.25) is 0 Å². The van der Waals surface area contributed by atoms with E-state index in [0.29, 0.717) is 0 Å². The van der Waals surface area contributed by atoms with Gasteiger partial charge >= 0.3 is 0 Å². The van der Waals surface area contributed by atoms with E-state index in [-0.39, 0.29) is 0 Å². The molecule has 67 valence electrons. The van der Waals surface area contributed by atoms with Crippen molar-refractivity contribution in [1.29, 1.82) is 0 Å². The van der Waals surface area contributed by atoms with Gasteiger partial charge in [0.2, 0.25) is 0 Å². The number of hydrogen-bond acceptors (Lipinski definition) is 0. The summed E-state index contributed by atoms with van der Waals surface area (Å²) in [6.07, 6.45) is 10.8. The van der Waals surface area contributed by atoms with Gasteiger partial charge in [0, 0.05) is 5.33 Å². The van der Waals surface area contributed by atoms with E-state index in [0.717, 1.165) is 6.42 Å². The van der Waals surface area contributed by atoms with Crippen LogP contribution >= 0.6 is 15.9 Å². The maximum Gasteiger partial charge on any atom is 0.00313 e. The largest absolute Gasteiger partial charge is 0.0928 e. The quantitative estimate of drug-likeness (QED) is 0.421. The summed E-state index contributed by atoms with van der Waals surface area (Å²) < 4.78 is 0. The molecule has 0 aromatic carbocycles. The Morgan fingerprint density at radius 2 is 1.18 bits per heavy atom. The molecule has 0 unspecified atom stereocenters. The Balaban J connectivity index is 2.69. The van der Waals surface area contributed by atoms with Crippen LogP contribution in [0.4, 0.5) is 0 Å². The van der Waals surface area contributed by atoms with Gasteiger partial charge in [0.05, 0.1) is 0 Å². The van der Waals surface area contributed by atoms with Crippen LogP contribution in [0.1, 0.15) is 51.4 Å². The van der Waals surface area contributed by atoms with Crippen molar-refractivity contribution >= 4 is 15.9 Å². The molecule has 0 aliphatic heterocycles. The van der Waals surface area contributed by atoms with Crippen LogP contribution in [0, 0.1) is 6.92 Å². The number of halogens is 1. The summed E-state index contributed by atoms with van der Waals surface area (Å²) in [6.45, 7) is 3.83. The van der Waals surface area contributed by atoms with Crippen LogP contribution in [0.25, 0.3) is 0 Å². The molecule has 0 atom stereocenters. The third-order valence-corrected chi connectivity index (χ3v) is 2.44. The summed E-state index contributed by atoms with van der Waals surface area (Å²) in [7, 11) is 0. The minimum absolute atomic E-state index is 1.11. The monoisotopic (exact) mass is 219 g/mol. The molecule has 11 heavy (non-hydrogen) atoms. The molecule has 0 saturated heterocycles. The van der Waals surface area contributed by atoms with Crippen LogP contribution < -0.4 is 0 Å². The van der Waals surface area contributed by atoms with Crippen LogP contribution in [0.15, 0.2) is 0 Å². The van der Waals surface area contributed by atoms with Crippen molar-refractivity contribution in [2.24, 2.45) is 0 Å². The summed E-state index contributed by atoms with van der Waals surface area (Å²) in [5.41, 5.74) is 0. The van der Waals surface area contributed by atoms with Crippen molar-refractivity contribution in [3.8, 4) is 0 Å². The molecular formula is C10H20Br. The Kier molecular flexibility index (Phi) is 10.9. The summed E-state index contributed by atoms with van der Waals surface area (Å²) in [5, 5.41) is 1.17. The first-order valence-electron chi connectivity index (χ1n) is 4.77. The average molecular weight is 220 g/mol. The zero-order valence-corrected chi connectivity index (χ0v) is 9.04. The van der Waals surface area contributed by atoms with Crippen LogP contribution in [0.3, 0.4) is 0 Å². The molecule has 0 aromatic rings. The summed E-state index contributed by atoms with van der Waals surface area (Å²) >= 11 is 3.44. The third kappa shape index (κ3) is 10.5. The maximum atomic E-state index is 3.83. The van der Waals surface area contributed by atoms with Crippen molar-refractivity contribution in [3.63, 3.8) is 0 Å². The molecule has 0 heterocycles. The Labute approximate surface area is 79.9 Å². The summed E-state index contributed by atoms with van der Waals surface area (Å²) in [6, 6.07) is 0. The standard InChI is InChI=1S/C10H20Br/c1-2-3-4-5-6-7-8-9-10-11/h1-10H2. The molecular weight excluding hydrogens is 200 g/mol. The molecule has 0 aromatic heterocycles. The molecule has 1 heteroatoms. The van der Waals surface area contributed by atoms with Crippen molar-refractivity contribution < 1.29 is 0 Å². The second kappa shape index (κ2) is 10.5. The Morgan fingerprint density at radius 1 is 0.727 bits per heavy atom. The van der Waals surface area contributed by atoms with Gasteiger partial charge in [-0.05, 0) is 6.42 Å². The fourth-order valence-corrected chi connectivity index (χ4v) is 1.55. The van der Waals surface area contributed by atoms with E-state index in [2.05, 4.69) is 22.9 Å². The number of unbranched alkanes of at least 4 members (excludes halogenated alkanes) is 7. The van der Waals surface area contributed by atoms with Gasteiger partial charge in [-0.15, -0.1) is 0 Å². The lowest BCUT2D eigenvalue weighted by Crippen LogP contribution is -1.80. The first-order valence-corrected chi connectivity index (χ1v) is 5.89. The maximum absolute atomic E-state index is 3.83. The molecule has 0 saturated carbocycles. The van der Waals surface area contributed by atoms with Gasteiger partial charge < -0.3 is 0 Å². The zero-order valence-electron chi connectivity index (χ0n) is 7.45. The summed E-state index contributed by atoms with van der Waals surface area (Å²) in [4.78, 5) is 0. The molecule has 0 nitrogen and oxygen atoms in total. The molecule has 0 bridgehead atoms. The first-order chi connectivity index (χ1) is 5.41. The summed E-state index contributed by atoms with van der Waals surface area (Å²) in [5.74, 6) is 0. The third-order valence-electron chi connectivity index (χ3n) is 1.88. The van der Waals surface area contributed by atoms with E-state index >= 15 is 0 Å². The van der Waals surface area contributed by atoms with Gasteiger partial charge in [-0.25, -0.2) is 0 Å². The molecule has 0 fully saturated rings. The van der Waals surface area contributed by atoms with Crippen molar-refractivity contribution in [3.05, 3.63) is 6.92 Å². The van der Waals surface area contributed by atoms with Crippen molar-refractivity contribution in [1.82, 2.24) is 0 Å². The van der Waals surface area contributed by atoms with Crippen LogP contribution in [-0.4, -0.2) is 5.33 Å². The zero-order chi connectivity index (χ0) is 8.36. The molecule has 0 aliphatic rings. The predicted molar refractivity (Wildman–Crippen MR) is 56.1 cm³/mol. The second-order valence-corrected chi connectivity index (χ2v) is 3.81. The van der Waals surface area contributed by atoms with Gasteiger partial charge in [-0.2, -0.15) is 0 Å². The fourth-order valence-electron chi connectivity index (χ4n) is 1.16. The van der Waals surface area contributed by atoms with E-state index in [1.165, 1.54) is 50.3 Å². The Bertz CT molecular complexity index is 53.9. The first kappa shape index (κ1) is 11.5. The van der Waals surface area contributed by atoms with Crippen molar-refractivity contribution in [2.75, 3.05) is 5.33 Å². The minimum atomic E-state index is 1.11.